The Balaban J connectivity index is 2.52. The first kappa shape index (κ1) is 11.5. The zero-order valence-corrected chi connectivity index (χ0v) is 8.92. The zero-order chi connectivity index (χ0) is 11.1. The van der Waals surface area contributed by atoms with E-state index in [1.165, 1.54) is 0 Å². The molecule has 0 aliphatic heterocycles. The van der Waals surface area contributed by atoms with Gasteiger partial charge in [0, 0.05) is 24.8 Å². The molecule has 0 heterocycles. The minimum absolute atomic E-state index is 0.0662. The number of rotatable bonds is 5. The van der Waals surface area contributed by atoms with Crippen LogP contribution in [0, 0.1) is 0 Å². The average Bonchev–Trinajstić information content (AvgIpc) is 2.29. The van der Waals surface area contributed by atoms with Crippen molar-refractivity contribution >= 4 is 11.6 Å². The average molecular weight is 207 g/mol. The van der Waals surface area contributed by atoms with Gasteiger partial charge in [-0.1, -0.05) is 0 Å². The number of hydrogen-bond donors (Lipinski definition) is 3. The van der Waals surface area contributed by atoms with Crippen LogP contribution in [0.2, 0.25) is 0 Å². The van der Waals surface area contributed by atoms with E-state index in [2.05, 4.69) is 10.6 Å². The van der Waals surface area contributed by atoms with Crippen LogP contribution in [0.4, 0.5) is 5.69 Å². The highest BCUT2D eigenvalue weighted by Crippen LogP contribution is 2.09. The van der Waals surface area contributed by atoms with Gasteiger partial charge in [-0.2, -0.15) is 0 Å². The third-order valence-electron chi connectivity index (χ3n) is 2.08. The molecule has 82 valence electrons. The molecule has 4 heteroatoms. The Kier molecular flexibility index (Phi) is 4.63. The number of amides is 1. The Morgan fingerprint density at radius 3 is 2.53 bits per heavy atom. The Hall–Kier alpha value is -1.55. The van der Waals surface area contributed by atoms with Gasteiger partial charge in [0.25, 0.3) is 5.91 Å². The summed E-state index contributed by atoms with van der Waals surface area (Å²) in [4.78, 5) is 11.2. The monoisotopic (exact) mass is 207 g/mol. The fourth-order valence-electron chi connectivity index (χ4n) is 1.22. The Bertz CT molecular complexity index is 308. The predicted molar refractivity (Wildman–Crippen MR) is 62.0 cm³/mol. The SMILES string of the molecule is CNC(=O)c1ccc(NCCCN)cc1. The van der Waals surface area contributed by atoms with Crippen molar-refractivity contribution < 1.29 is 4.79 Å². The quantitative estimate of drug-likeness (QED) is 0.626. The van der Waals surface area contributed by atoms with E-state index in [0.29, 0.717) is 12.1 Å². The molecule has 0 saturated carbocycles. The molecule has 0 aliphatic rings. The van der Waals surface area contributed by atoms with E-state index < -0.39 is 0 Å². The number of carbonyl (C=O) groups is 1. The maximum Gasteiger partial charge on any atom is 0.251 e. The third-order valence-corrected chi connectivity index (χ3v) is 2.08. The summed E-state index contributed by atoms with van der Waals surface area (Å²) in [5.41, 5.74) is 7.06. The van der Waals surface area contributed by atoms with Crippen LogP contribution in [0.5, 0.6) is 0 Å². The van der Waals surface area contributed by atoms with Gasteiger partial charge in [0.1, 0.15) is 0 Å². The molecule has 15 heavy (non-hydrogen) atoms. The highest BCUT2D eigenvalue weighted by molar-refractivity contribution is 5.94. The van der Waals surface area contributed by atoms with E-state index in [1.807, 2.05) is 12.1 Å². The summed E-state index contributed by atoms with van der Waals surface area (Å²) in [7, 11) is 1.62. The Morgan fingerprint density at radius 1 is 1.33 bits per heavy atom. The molecule has 0 spiro atoms. The molecule has 1 aromatic rings. The van der Waals surface area contributed by atoms with Gasteiger partial charge in [-0.15, -0.1) is 0 Å². The highest BCUT2D eigenvalue weighted by Gasteiger charge is 2.01. The Labute approximate surface area is 89.9 Å². The van der Waals surface area contributed by atoms with Crippen molar-refractivity contribution in [2.24, 2.45) is 5.73 Å². The summed E-state index contributed by atoms with van der Waals surface area (Å²) < 4.78 is 0. The lowest BCUT2D eigenvalue weighted by molar-refractivity contribution is 0.0963. The first-order valence-electron chi connectivity index (χ1n) is 5.04. The maximum absolute atomic E-state index is 11.2. The van der Waals surface area contributed by atoms with Gasteiger partial charge < -0.3 is 16.4 Å². The lowest BCUT2D eigenvalue weighted by Gasteiger charge is -2.06. The van der Waals surface area contributed by atoms with Crippen LogP contribution < -0.4 is 16.4 Å². The van der Waals surface area contributed by atoms with Crippen LogP contribution in [0.15, 0.2) is 24.3 Å². The van der Waals surface area contributed by atoms with Gasteiger partial charge in [-0.25, -0.2) is 0 Å². The lowest BCUT2D eigenvalue weighted by atomic mass is 10.2. The third kappa shape index (κ3) is 3.59. The maximum atomic E-state index is 11.2. The molecule has 0 fully saturated rings. The first-order chi connectivity index (χ1) is 7.27. The molecular formula is C11H17N3O. The second kappa shape index (κ2) is 6.03. The van der Waals surface area contributed by atoms with Crippen LogP contribution in [0.3, 0.4) is 0 Å². The number of nitrogens with one attached hydrogen (secondary N) is 2. The second-order valence-electron chi connectivity index (χ2n) is 3.23. The van der Waals surface area contributed by atoms with E-state index in [-0.39, 0.29) is 5.91 Å². The highest BCUT2D eigenvalue weighted by atomic mass is 16.1. The number of hydrogen-bond acceptors (Lipinski definition) is 3. The van der Waals surface area contributed by atoms with Crippen molar-refractivity contribution in [2.45, 2.75) is 6.42 Å². The van der Waals surface area contributed by atoms with E-state index in [1.54, 1.807) is 19.2 Å². The van der Waals surface area contributed by atoms with Gasteiger partial charge in [0.05, 0.1) is 0 Å². The second-order valence-corrected chi connectivity index (χ2v) is 3.23. The van der Waals surface area contributed by atoms with Gasteiger partial charge in [-0.3, -0.25) is 4.79 Å². The summed E-state index contributed by atoms with van der Waals surface area (Å²) in [6.07, 6.45) is 0.942. The van der Waals surface area contributed by atoms with Crippen LogP contribution in [-0.2, 0) is 0 Å². The zero-order valence-electron chi connectivity index (χ0n) is 8.92. The fourth-order valence-corrected chi connectivity index (χ4v) is 1.22. The summed E-state index contributed by atoms with van der Waals surface area (Å²) in [5.74, 6) is -0.0662. The number of benzene rings is 1. The molecule has 1 aromatic carbocycles. The number of carbonyl (C=O) groups excluding carboxylic acids is 1. The van der Waals surface area contributed by atoms with Crippen molar-refractivity contribution in [3.63, 3.8) is 0 Å². The van der Waals surface area contributed by atoms with Crippen molar-refractivity contribution in [1.82, 2.24) is 5.32 Å². The standard InChI is InChI=1S/C11H17N3O/c1-13-11(15)9-3-5-10(6-4-9)14-8-2-7-12/h3-6,14H,2,7-8,12H2,1H3,(H,13,15). The topological polar surface area (TPSA) is 67.2 Å². The van der Waals surface area contributed by atoms with Gasteiger partial charge in [0.2, 0.25) is 0 Å². The molecule has 1 rings (SSSR count). The molecule has 0 bridgehead atoms. The Morgan fingerprint density at radius 2 is 2.00 bits per heavy atom. The molecule has 0 saturated heterocycles. The molecule has 0 atom stereocenters. The minimum atomic E-state index is -0.0662. The van der Waals surface area contributed by atoms with E-state index in [0.717, 1.165) is 18.7 Å². The minimum Gasteiger partial charge on any atom is -0.385 e. The van der Waals surface area contributed by atoms with Crippen molar-refractivity contribution in [2.75, 3.05) is 25.5 Å². The fraction of sp³-hybridized carbons (Fsp3) is 0.364. The number of anilines is 1. The number of nitrogens with two attached hydrogens (primary N) is 1. The summed E-state index contributed by atoms with van der Waals surface area (Å²) in [5, 5.41) is 5.80. The molecule has 0 radical (unpaired) electrons. The van der Waals surface area contributed by atoms with E-state index >= 15 is 0 Å². The van der Waals surface area contributed by atoms with Crippen LogP contribution in [0.1, 0.15) is 16.8 Å². The van der Waals surface area contributed by atoms with Crippen LogP contribution >= 0.6 is 0 Å². The van der Waals surface area contributed by atoms with Crippen molar-refractivity contribution in [3.05, 3.63) is 29.8 Å². The van der Waals surface area contributed by atoms with E-state index in [9.17, 15) is 4.79 Å². The molecular weight excluding hydrogens is 190 g/mol. The largest absolute Gasteiger partial charge is 0.385 e. The van der Waals surface area contributed by atoms with Gasteiger partial charge in [0.15, 0.2) is 0 Å². The molecule has 4 nitrogen and oxygen atoms in total. The molecule has 0 unspecified atom stereocenters. The van der Waals surface area contributed by atoms with Crippen LogP contribution in [0.25, 0.3) is 0 Å². The van der Waals surface area contributed by atoms with Crippen LogP contribution in [-0.4, -0.2) is 26.0 Å². The van der Waals surface area contributed by atoms with Crippen molar-refractivity contribution in [1.29, 1.82) is 0 Å². The van der Waals surface area contributed by atoms with Gasteiger partial charge in [-0.05, 0) is 37.2 Å². The smallest absolute Gasteiger partial charge is 0.251 e. The molecule has 0 aliphatic carbocycles. The normalized spacial score (nSPS) is 9.73. The molecule has 1 amide bonds. The first-order valence-corrected chi connectivity index (χ1v) is 5.04. The predicted octanol–water partition coefficient (Wildman–Crippen LogP) is 0.807. The summed E-state index contributed by atoms with van der Waals surface area (Å²) >= 11 is 0. The summed E-state index contributed by atoms with van der Waals surface area (Å²) in [6.45, 7) is 1.54. The van der Waals surface area contributed by atoms with Crippen molar-refractivity contribution in [3.8, 4) is 0 Å². The summed E-state index contributed by atoms with van der Waals surface area (Å²) in [6, 6.07) is 7.37. The molecule has 4 N–H and O–H groups in total. The van der Waals surface area contributed by atoms with E-state index in [4.69, 9.17) is 5.73 Å². The lowest BCUT2D eigenvalue weighted by Crippen LogP contribution is -2.17. The van der Waals surface area contributed by atoms with Gasteiger partial charge >= 0.3 is 0 Å². The molecule has 0 aromatic heterocycles.